The molecule has 6 heteroatoms. The molecule has 1 aromatic carbocycles. The Morgan fingerprint density at radius 1 is 1.12 bits per heavy atom. The first-order valence-electron chi connectivity index (χ1n) is 4.92. The fraction of sp³-hybridized carbons (Fsp3) is 0. The van der Waals surface area contributed by atoms with Crippen molar-refractivity contribution in [2.24, 2.45) is 0 Å². The van der Waals surface area contributed by atoms with E-state index in [0.29, 0.717) is 11.5 Å². The highest BCUT2D eigenvalue weighted by Crippen LogP contribution is 2.27. The van der Waals surface area contributed by atoms with Crippen LogP contribution in [0, 0.1) is 0 Å². The number of aromatic nitrogens is 3. The lowest BCUT2D eigenvalue weighted by molar-refractivity contribution is 1.20. The molecule has 0 unspecified atom stereocenters. The van der Waals surface area contributed by atoms with Crippen molar-refractivity contribution >= 4 is 44.8 Å². The Kier molecular flexibility index (Phi) is 2.62. The molecule has 0 atom stereocenters. The molecular formula is C11H7ClN4S. The minimum absolute atomic E-state index is 0.196. The van der Waals surface area contributed by atoms with Crippen molar-refractivity contribution in [1.82, 2.24) is 15.0 Å². The summed E-state index contributed by atoms with van der Waals surface area (Å²) in [4.78, 5) is 12.4. The van der Waals surface area contributed by atoms with E-state index >= 15 is 0 Å². The maximum Gasteiger partial charge on any atom is 0.226 e. The number of anilines is 2. The Labute approximate surface area is 106 Å². The lowest BCUT2D eigenvalue weighted by Crippen LogP contribution is -1.95. The van der Waals surface area contributed by atoms with Gasteiger partial charge in [0.1, 0.15) is 4.70 Å². The van der Waals surface area contributed by atoms with E-state index in [-0.39, 0.29) is 5.28 Å². The van der Waals surface area contributed by atoms with E-state index in [0.717, 1.165) is 10.4 Å². The zero-order chi connectivity index (χ0) is 11.7. The summed E-state index contributed by atoms with van der Waals surface area (Å²) in [6.07, 6.45) is 0. The van der Waals surface area contributed by atoms with E-state index in [9.17, 15) is 0 Å². The van der Waals surface area contributed by atoms with Crippen LogP contribution in [0.2, 0.25) is 5.28 Å². The number of halogens is 1. The van der Waals surface area contributed by atoms with Gasteiger partial charge in [-0.25, -0.2) is 4.98 Å². The molecule has 0 bridgehead atoms. The van der Waals surface area contributed by atoms with Gasteiger partial charge in [-0.2, -0.15) is 9.97 Å². The summed E-state index contributed by atoms with van der Waals surface area (Å²) in [5.41, 5.74) is 3.30. The van der Waals surface area contributed by atoms with Gasteiger partial charge in [0.2, 0.25) is 5.28 Å². The number of rotatable bonds is 2. The molecule has 1 N–H and O–H groups in total. The van der Waals surface area contributed by atoms with Crippen molar-refractivity contribution < 1.29 is 0 Å². The van der Waals surface area contributed by atoms with Crippen LogP contribution in [-0.2, 0) is 0 Å². The smallest absolute Gasteiger partial charge is 0.226 e. The molecule has 4 nitrogen and oxygen atoms in total. The van der Waals surface area contributed by atoms with Crippen LogP contribution < -0.4 is 5.32 Å². The number of thiazole rings is 1. The molecule has 0 saturated carbocycles. The largest absolute Gasteiger partial charge is 0.339 e. The third kappa shape index (κ3) is 2.07. The van der Waals surface area contributed by atoms with Gasteiger partial charge in [-0.15, -0.1) is 11.3 Å². The predicted octanol–water partition coefficient (Wildman–Crippen LogP) is 3.48. The van der Waals surface area contributed by atoms with Gasteiger partial charge in [-0.05, 0) is 23.7 Å². The molecule has 0 aliphatic carbocycles. The van der Waals surface area contributed by atoms with Gasteiger partial charge in [0, 0.05) is 5.69 Å². The van der Waals surface area contributed by atoms with Crippen molar-refractivity contribution in [1.29, 1.82) is 0 Å². The van der Waals surface area contributed by atoms with Crippen LogP contribution in [0.15, 0.2) is 35.8 Å². The third-order valence-corrected chi connectivity index (χ3v) is 3.19. The number of hydrogen-bond acceptors (Lipinski definition) is 5. The topological polar surface area (TPSA) is 50.7 Å². The van der Waals surface area contributed by atoms with Crippen molar-refractivity contribution in [3.8, 4) is 0 Å². The van der Waals surface area contributed by atoms with Gasteiger partial charge in [0.05, 0.1) is 5.51 Å². The lowest BCUT2D eigenvalue weighted by atomic mass is 10.3. The zero-order valence-corrected chi connectivity index (χ0v) is 10.2. The van der Waals surface area contributed by atoms with E-state index in [1.54, 1.807) is 5.51 Å². The molecule has 2 heterocycles. The first-order valence-corrected chi connectivity index (χ1v) is 6.17. The Morgan fingerprint density at radius 2 is 1.94 bits per heavy atom. The fourth-order valence-electron chi connectivity index (χ4n) is 1.48. The van der Waals surface area contributed by atoms with Gasteiger partial charge in [0.15, 0.2) is 11.5 Å². The van der Waals surface area contributed by atoms with Crippen LogP contribution in [-0.4, -0.2) is 15.0 Å². The monoisotopic (exact) mass is 262 g/mol. The quantitative estimate of drug-likeness (QED) is 0.719. The first-order chi connectivity index (χ1) is 8.33. The maximum atomic E-state index is 5.85. The summed E-state index contributed by atoms with van der Waals surface area (Å²) >= 11 is 7.33. The van der Waals surface area contributed by atoms with Crippen LogP contribution in [0.3, 0.4) is 0 Å². The van der Waals surface area contributed by atoms with Crippen LogP contribution in [0.1, 0.15) is 0 Å². The summed E-state index contributed by atoms with van der Waals surface area (Å²) in [6, 6.07) is 9.79. The normalized spacial score (nSPS) is 10.6. The molecule has 0 saturated heterocycles. The van der Waals surface area contributed by atoms with E-state index in [1.807, 2.05) is 30.3 Å². The SMILES string of the molecule is Clc1nc(Nc2ccccc2)c2scnc2n1. The molecule has 84 valence electrons. The molecule has 0 aliphatic heterocycles. The summed E-state index contributed by atoms with van der Waals surface area (Å²) < 4.78 is 0.901. The summed E-state index contributed by atoms with van der Waals surface area (Å²) in [5, 5.41) is 3.40. The summed E-state index contributed by atoms with van der Waals surface area (Å²) in [6.45, 7) is 0. The van der Waals surface area contributed by atoms with E-state index in [1.165, 1.54) is 11.3 Å². The predicted molar refractivity (Wildman–Crippen MR) is 69.9 cm³/mol. The fourth-order valence-corrected chi connectivity index (χ4v) is 2.31. The molecule has 0 radical (unpaired) electrons. The van der Waals surface area contributed by atoms with Crippen molar-refractivity contribution in [3.63, 3.8) is 0 Å². The molecule has 0 fully saturated rings. The highest BCUT2D eigenvalue weighted by atomic mass is 35.5. The zero-order valence-electron chi connectivity index (χ0n) is 8.59. The first kappa shape index (κ1) is 10.4. The molecule has 3 aromatic rings. The van der Waals surface area contributed by atoms with E-state index in [4.69, 9.17) is 11.6 Å². The van der Waals surface area contributed by atoms with Crippen molar-refractivity contribution in [3.05, 3.63) is 41.1 Å². The van der Waals surface area contributed by atoms with Gasteiger partial charge < -0.3 is 5.32 Å². The average Bonchev–Trinajstić information content (AvgIpc) is 2.78. The average molecular weight is 263 g/mol. The number of nitrogens with zero attached hydrogens (tertiary/aromatic N) is 3. The van der Waals surface area contributed by atoms with Crippen molar-refractivity contribution in [2.75, 3.05) is 5.32 Å². The maximum absolute atomic E-state index is 5.85. The molecule has 2 aromatic heterocycles. The number of nitrogens with one attached hydrogen (secondary N) is 1. The number of para-hydroxylation sites is 1. The lowest BCUT2D eigenvalue weighted by Gasteiger charge is -2.05. The van der Waals surface area contributed by atoms with Gasteiger partial charge >= 0.3 is 0 Å². The standard InChI is InChI=1S/C11H7ClN4S/c12-11-15-9-8(17-6-13-9)10(16-11)14-7-4-2-1-3-5-7/h1-6H,(H,14,15,16). The van der Waals surface area contributed by atoms with E-state index < -0.39 is 0 Å². The Hall–Kier alpha value is -1.72. The number of fused-ring (bicyclic) bond motifs is 1. The molecule has 0 spiro atoms. The molecule has 17 heavy (non-hydrogen) atoms. The van der Waals surface area contributed by atoms with Gasteiger partial charge in [0.25, 0.3) is 0 Å². The Balaban J connectivity index is 2.08. The van der Waals surface area contributed by atoms with Crippen LogP contribution in [0.5, 0.6) is 0 Å². The van der Waals surface area contributed by atoms with E-state index in [2.05, 4.69) is 20.3 Å². The van der Waals surface area contributed by atoms with Crippen LogP contribution in [0.25, 0.3) is 10.3 Å². The molecule has 0 aliphatic rings. The second kappa shape index (κ2) is 4.27. The van der Waals surface area contributed by atoms with Crippen LogP contribution >= 0.6 is 22.9 Å². The molecular weight excluding hydrogens is 256 g/mol. The van der Waals surface area contributed by atoms with Gasteiger partial charge in [-0.1, -0.05) is 18.2 Å². The highest BCUT2D eigenvalue weighted by molar-refractivity contribution is 7.17. The van der Waals surface area contributed by atoms with Crippen LogP contribution in [0.4, 0.5) is 11.5 Å². The van der Waals surface area contributed by atoms with Crippen molar-refractivity contribution in [2.45, 2.75) is 0 Å². The third-order valence-electron chi connectivity index (χ3n) is 2.20. The second-order valence-electron chi connectivity index (χ2n) is 3.34. The molecule has 3 rings (SSSR count). The van der Waals surface area contributed by atoms with Gasteiger partial charge in [-0.3, -0.25) is 0 Å². The number of benzene rings is 1. The number of hydrogen-bond donors (Lipinski definition) is 1. The summed E-state index contributed by atoms with van der Waals surface area (Å²) in [5.74, 6) is 0.689. The Bertz CT molecular complexity index is 653. The second-order valence-corrected chi connectivity index (χ2v) is 4.53. The Morgan fingerprint density at radius 3 is 2.76 bits per heavy atom. The minimum atomic E-state index is 0.196. The molecule has 0 amide bonds. The minimum Gasteiger partial charge on any atom is -0.339 e. The highest BCUT2D eigenvalue weighted by Gasteiger charge is 2.08. The summed E-state index contributed by atoms with van der Waals surface area (Å²) in [7, 11) is 0.